The summed E-state index contributed by atoms with van der Waals surface area (Å²) in [5.74, 6) is -0.999. The third kappa shape index (κ3) is 1.75. The van der Waals surface area contributed by atoms with Gasteiger partial charge in [-0.15, -0.1) is 0 Å². The molecule has 2 aliphatic rings. The lowest BCUT2D eigenvalue weighted by molar-refractivity contribution is -0.383. The molecule has 0 unspecified atom stereocenters. The van der Waals surface area contributed by atoms with E-state index in [1.165, 1.54) is 6.07 Å². The smallest absolute Gasteiger partial charge is 0.268 e. The molecule has 5 rings (SSSR count). The van der Waals surface area contributed by atoms with Crippen LogP contribution in [-0.2, 0) is 0 Å². The second kappa shape index (κ2) is 4.86. The van der Waals surface area contributed by atoms with Gasteiger partial charge in [-0.25, -0.2) is 4.90 Å². The quantitative estimate of drug-likeness (QED) is 0.313. The van der Waals surface area contributed by atoms with Crippen LogP contribution in [-0.4, -0.2) is 16.7 Å². The molecule has 1 aliphatic carbocycles. The molecular weight excluding hydrogens is 332 g/mol. The number of rotatable bonds is 2. The number of benzene rings is 3. The Morgan fingerprint density at radius 1 is 0.846 bits per heavy atom. The Morgan fingerprint density at radius 3 is 2.23 bits per heavy atom. The molecule has 3 aromatic rings. The zero-order valence-electron chi connectivity index (χ0n) is 13.3. The summed E-state index contributed by atoms with van der Waals surface area (Å²) in [4.78, 5) is 37.9. The molecule has 0 atom stereocenters. The summed E-state index contributed by atoms with van der Waals surface area (Å²) < 4.78 is 0. The number of nitro benzene ring substituents is 1. The van der Waals surface area contributed by atoms with E-state index in [1.54, 1.807) is 36.4 Å². The summed E-state index contributed by atoms with van der Waals surface area (Å²) in [5.41, 5.74) is 2.57. The van der Waals surface area contributed by atoms with Crippen LogP contribution in [0.2, 0.25) is 0 Å². The van der Waals surface area contributed by atoms with E-state index in [1.807, 2.05) is 18.2 Å². The fourth-order valence-electron chi connectivity index (χ4n) is 3.55. The minimum Gasteiger partial charge on any atom is -0.268 e. The predicted octanol–water partition coefficient (Wildman–Crippen LogP) is 4.03. The minimum absolute atomic E-state index is 0.0682. The van der Waals surface area contributed by atoms with Gasteiger partial charge in [-0.05, 0) is 29.3 Å². The van der Waals surface area contributed by atoms with Crippen molar-refractivity contribution in [2.45, 2.75) is 0 Å². The molecule has 1 heterocycles. The van der Waals surface area contributed by atoms with E-state index in [2.05, 4.69) is 0 Å². The largest absolute Gasteiger partial charge is 0.278 e. The maximum absolute atomic E-state index is 13.0. The Hall–Kier alpha value is -3.80. The molecule has 6 heteroatoms. The lowest BCUT2D eigenvalue weighted by Gasteiger charge is -2.18. The summed E-state index contributed by atoms with van der Waals surface area (Å²) in [7, 11) is 0. The van der Waals surface area contributed by atoms with E-state index < -0.39 is 16.7 Å². The Labute approximate surface area is 147 Å². The number of nitro groups is 1. The number of non-ortho nitro benzene ring substituents is 1. The van der Waals surface area contributed by atoms with Gasteiger partial charge >= 0.3 is 0 Å². The van der Waals surface area contributed by atoms with E-state index >= 15 is 0 Å². The topological polar surface area (TPSA) is 80.5 Å². The number of imide groups is 1. The third-order valence-electron chi connectivity index (χ3n) is 4.84. The highest BCUT2D eigenvalue weighted by Crippen LogP contribution is 2.39. The van der Waals surface area contributed by atoms with E-state index in [4.69, 9.17) is 0 Å². The Balaban J connectivity index is 1.75. The molecule has 2 amide bonds. The molecule has 0 radical (unpaired) electrons. The molecule has 0 saturated carbocycles. The van der Waals surface area contributed by atoms with Gasteiger partial charge in [0.15, 0.2) is 0 Å². The molecule has 0 N–H and O–H groups in total. The highest BCUT2D eigenvalue weighted by molar-refractivity contribution is 6.38. The molecule has 26 heavy (non-hydrogen) atoms. The number of amides is 2. The number of carbonyl (C=O) groups excluding carboxylic acids is 2. The molecular formula is C20H10N2O4. The zero-order chi connectivity index (χ0) is 18.0. The van der Waals surface area contributed by atoms with Crippen molar-refractivity contribution < 1.29 is 14.5 Å². The Kier molecular flexibility index (Phi) is 2.72. The summed E-state index contributed by atoms with van der Waals surface area (Å²) in [6.45, 7) is 0. The third-order valence-corrected chi connectivity index (χ3v) is 4.84. The summed E-state index contributed by atoms with van der Waals surface area (Å²) in [6, 6.07) is 13.1. The van der Waals surface area contributed by atoms with Crippen LogP contribution < -0.4 is 4.90 Å². The zero-order valence-corrected chi connectivity index (χ0v) is 13.3. The van der Waals surface area contributed by atoms with Crippen LogP contribution in [0.4, 0.5) is 11.4 Å². The first-order chi connectivity index (χ1) is 12.6. The predicted molar refractivity (Wildman–Crippen MR) is 97.1 cm³/mol. The number of fused-ring (bicyclic) bond motifs is 4. The van der Waals surface area contributed by atoms with Gasteiger partial charge in [0, 0.05) is 11.5 Å². The van der Waals surface area contributed by atoms with Crippen LogP contribution in [0.1, 0.15) is 31.8 Å². The maximum atomic E-state index is 13.0. The molecule has 3 aromatic carbocycles. The highest BCUT2D eigenvalue weighted by Gasteiger charge is 2.40. The van der Waals surface area contributed by atoms with E-state index in [0.717, 1.165) is 16.0 Å². The number of carbonyl (C=O) groups is 2. The minimum atomic E-state index is -0.540. The van der Waals surface area contributed by atoms with Crippen LogP contribution in [0.25, 0.3) is 22.9 Å². The van der Waals surface area contributed by atoms with Gasteiger partial charge in [-0.3, -0.25) is 19.7 Å². The van der Waals surface area contributed by atoms with Crippen LogP contribution >= 0.6 is 0 Å². The average molecular weight is 342 g/mol. The van der Waals surface area contributed by atoms with Crippen LogP contribution in [0.3, 0.4) is 0 Å². The molecule has 0 spiro atoms. The van der Waals surface area contributed by atoms with Gasteiger partial charge in [-0.1, -0.05) is 36.4 Å². The van der Waals surface area contributed by atoms with Gasteiger partial charge in [0.25, 0.3) is 17.5 Å². The van der Waals surface area contributed by atoms with E-state index in [0.29, 0.717) is 16.5 Å². The van der Waals surface area contributed by atoms with Gasteiger partial charge in [0.1, 0.15) is 0 Å². The van der Waals surface area contributed by atoms with E-state index in [-0.39, 0.29) is 16.8 Å². The number of hydrogen-bond donors (Lipinski definition) is 0. The maximum Gasteiger partial charge on any atom is 0.278 e. The van der Waals surface area contributed by atoms with Crippen molar-refractivity contribution in [2.24, 2.45) is 0 Å². The molecule has 6 nitrogen and oxygen atoms in total. The molecule has 0 fully saturated rings. The fourth-order valence-corrected chi connectivity index (χ4v) is 3.55. The average Bonchev–Trinajstić information content (AvgIpc) is 2.86. The second-order valence-electron chi connectivity index (χ2n) is 6.21. The molecule has 124 valence electrons. The number of nitrogens with zero attached hydrogens (tertiary/aromatic N) is 2. The van der Waals surface area contributed by atoms with Gasteiger partial charge in [-0.2, -0.15) is 0 Å². The lowest BCUT2D eigenvalue weighted by atomic mass is 9.97. The Bertz CT molecular complexity index is 1210. The molecule has 0 bridgehead atoms. The van der Waals surface area contributed by atoms with Crippen molar-refractivity contribution in [1.82, 2.24) is 0 Å². The monoisotopic (exact) mass is 342 g/mol. The van der Waals surface area contributed by atoms with Gasteiger partial charge in [0.2, 0.25) is 0 Å². The van der Waals surface area contributed by atoms with Crippen molar-refractivity contribution in [3.63, 3.8) is 0 Å². The van der Waals surface area contributed by atoms with Crippen LogP contribution in [0.15, 0.2) is 48.5 Å². The highest BCUT2D eigenvalue weighted by atomic mass is 16.6. The first-order valence-electron chi connectivity index (χ1n) is 7.97. The number of anilines is 1. The van der Waals surface area contributed by atoms with Crippen molar-refractivity contribution in [3.05, 3.63) is 80.9 Å². The lowest BCUT2D eigenvalue weighted by Crippen LogP contribution is -2.29. The van der Waals surface area contributed by atoms with Crippen LogP contribution in [0.5, 0.6) is 0 Å². The summed E-state index contributed by atoms with van der Waals surface area (Å²) in [5, 5.41) is 12.2. The molecule has 1 aliphatic heterocycles. The first-order valence-corrected chi connectivity index (χ1v) is 7.97. The summed E-state index contributed by atoms with van der Waals surface area (Å²) >= 11 is 0. The van der Waals surface area contributed by atoms with Crippen LogP contribution in [0, 0.1) is 10.1 Å². The second-order valence-corrected chi connectivity index (χ2v) is 6.21. The van der Waals surface area contributed by atoms with Crippen molar-refractivity contribution in [3.8, 4) is 0 Å². The van der Waals surface area contributed by atoms with Gasteiger partial charge in [0.05, 0.1) is 27.1 Å². The van der Waals surface area contributed by atoms with Crippen molar-refractivity contribution in [1.29, 1.82) is 0 Å². The normalized spacial score (nSPS) is 14.4. The van der Waals surface area contributed by atoms with E-state index in [9.17, 15) is 19.7 Å². The summed E-state index contributed by atoms with van der Waals surface area (Å²) in [6.07, 6.45) is 3.84. The van der Waals surface area contributed by atoms with Crippen molar-refractivity contribution >= 4 is 46.1 Å². The van der Waals surface area contributed by atoms with Crippen molar-refractivity contribution in [2.75, 3.05) is 4.90 Å². The Morgan fingerprint density at radius 2 is 1.58 bits per heavy atom. The first kappa shape index (κ1) is 14.5. The molecule has 0 aromatic heterocycles. The van der Waals surface area contributed by atoms with Gasteiger partial charge < -0.3 is 0 Å². The standard InChI is InChI=1S/C20H10N2O4/c23-19-16-10-17(22(25)26)14-3-1-2-4-15(14)18(16)20(24)21(19)13-8-7-11-5-6-12(11)9-13/h1-10H. The fraction of sp³-hybridized carbons (Fsp3) is 0. The molecule has 0 saturated heterocycles. The number of hydrogen-bond acceptors (Lipinski definition) is 4. The SMILES string of the molecule is O=C1c2cc([N+](=O)[O-])c3ccccc3c2C(=O)N1c1ccc2c(c1)C=C2.